The van der Waals surface area contributed by atoms with Crippen molar-refractivity contribution in [2.24, 2.45) is 0 Å². The summed E-state index contributed by atoms with van der Waals surface area (Å²) in [5, 5.41) is 3.14. The van der Waals surface area contributed by atoms with Gasteiger partial charge in [0.2, 0.25) is 10.0 Å². The van der Waals surface area contributed by atoms with Crippen LogP contribution in [0.1, 0.15) is 48.0 Å². The second-order valence-corrected chi connectivity index (χ2v) is 10.4. The third-order valence-corrected chi connectivity index (χ3v) is 7.55. The molecule has 164 valence electrons. The Labute approximate surface area is 178 Å². The number of fused-ring (bicyclic) bond motifs is 1. The maximum Gasteiger partial charge on any atom is 0.317 e. The Hall–Kier alpha value is -2.29. The summed E-state index contributed by atoms with van der Waals surface area (Å²) in [5.74, 6) is -0.0667. The van der Waals surface area contributed by atoms with E-state index in [4.69, 9.17) is 0 Å². The average Bonchev–Trinajstić information content (AvgIpc) is 3.18. The molecule has 1 saturated heterocycles. The van der Waals surface area contributed by atoms with Crippen LogP contribution in [-0.4, -0.2) is 75.2 Å². The van der Waals surface area contributed by atoms with Crippen molar-refractivity contribution in [1.82, 2.24) is 15.1 Å². The van der Waals surface area contributed by atoms with Gasteiger partial charge in [0.1, 0.15) is 0 Å². The number of nitrogens with one attached hydrogen (secondary N) is 1. The van der Waals surface area contributed by atoms with E-state index in [1.54, 1.807) is 21.9 Å². The van der Waals surface area contributed by atoms with Crippen molar-refractivity contribution in [1.29, 1.82) is 0 Å². The van der Waals surface area contributed by atoms with Crippen molar-refractivity contribution in [3.05, 3.63) is 29.3 Å². The second kappa shape index (κ2) is 8.45. The van der Waals surface area contributed by atoms with Gasteiger partial charge in [0, 0.05) is 44.3 Å². The molecule has 0 aromatic heterocycles. The number of carbonyl (C=O) groups is 2. The molecule has 0 spiro atoms. The van der Waals surface area contributed by atoms with Crippen molar-refractivity contribution in [3.8, 4) is 0 Å². The van der Waals surface area contributed by atoms with E-state index < -0.39 is 10.0 Å². The zero-order chi connectivity index (χ0) is 21.3. The zero-order valence-corrected chi connectivity index (χ0v) is 18.3. The minimum Gasteiger partial charge on any atom is -0.335 e. The Kier molecular flexibility index (Phi) is 5.90. The van der Waals surface area contributed by atoms with Gasteiger partial charge in [-0.3, -0.25) is 9.10 Å². The fraction of sp³-hybridized carbons (Fsp3) is 0.619. The van der Waals surface area contributed by atoms with Gasteiger partial charge in [-0.25, -0.2) is 13.2 Å². The molecule has 0 bridgehead atoms. The highest BCUT2D eigenvalue weighted by atomic mass is 32.2. The molecule has 1 saturated carbocycles. The molecule has 3 amide bonds. The van der Waals surface area contributed by atoms with Crippen LogP contribution in [0.15, 0.2) is 18.2 Å². The minimum absolute atomic E-state index is 0.0209. The predicted molar refractivity (Wildman–Crippen MR) is 115 cm³/mol. The highest BCUT2D eigenvalue weighted by molar-refractivity contribution is 7.92. The van der Waals surface area contributed by atoms with Crippen molar-refractivity contribution in [3.63, 3.8) is 0 Å². The Morgan fingerprint density at radius 3 is 2.30 bits per heavy atom. The number of rotatable bonds is 3. The quantitative estimate of drug-likeness (QED) is 0.786. The number of hydrogen-bond acceptors (Lipinski definition) is 4. The van der Waals surface area contributed by atoms with Crippen molar-refractivity contribution >= 4 is 27.6 Å². The molecule has 4 rings (SSSR count). The number of anilines is 1. The summed E-state index contributed by atoms with van der Waals surface area (Å²) in [5.41, 5.74) is 2.12. The molecule has 0 unspecified atom stereocenters. The van der Waals surface area contributed by atoms with Gasteiger partial charge in [-0.2, -0.15) is 0 Å². The van der Waals surface area contributed by atoms with Crippen molar-refractivity contribution in [2.75, 3.05) is 43.3 Å². The SMILES string of the molecule is CS(=O)(=O)N1CCc2cc(C(=O)N3CCN(C(=O)NC4CCCCC4)CC3)ccc21. The van der Waals surface area contributed by atoms with Gasteiger partial charge in [-0.05, 0) is 43.0 Å². The molecule has 30 heavy (non-hydrogen) atoms. The van der Waals surface area contributed by atoms with E-state index in [1.165, 1.54) is 29.8 Å². The van der Waals surface area contributed by atoms with Crippen molar-refractivity contribution < 1.29 is 18.0 Å². The van der Waals surface area contributed by atoms with Crippen LogP contribution in [0.4, 0.5) is 10.5 Å². The van der Waals surface area contributed by atoms with Gasteiger partial charge in [0.25, 0.3) is 5.91 Å². The van der Waals surface area contributed by atoms with Crippen LogP contribution in [-0.2, 0) is 16.4 Å². The molecule has 1 aliphatic carbocycles. The molecule has 2 aliphatic heterocycles. The summed E-state index contributed by atoms with van der Waals surface area (Å²) in [6.45, 7) is 2.47. The Balaban J connectivity index is 1.34. The lowest BCUT2D eigenvalue weighted by molar-refractivity contribution is 0.0662. The number of amides is 3. The predicted octanol–water partition coefficient (Wildman–Crippen LogP) is 1.81. The monoisotopic (exact) mass is 434 g/mol. The fourth-order valence-electron chi connectivity index (χ4n) is 4.66. The maximum absolute atomic E-state index is 12.9. The molecule has 1 aromatic rings. The summed E-state index contributed by atoms with van der Waals surface area (Å²) >= 11 is 0. The molecule has 1 aromatic carbocycles. The van der Waals surface area contributed by atoms with E-state index in [0.29, 0.717) is 50.4 Å². The lowest BCUT2D eigenvalue weighted by atomic mass is 9.96. The average molecular weight is 435 g/mol. The van der Waals surface area contributed by atoms with Crippen LogP contribution in [0.2, 0.25) is 0 Å². The first-order chi connectivity index (χ1) is 14.3. The number of nitrogens with zero attached hydrogens (tertiary/aromatic N) is 3. The number of piperazine rings is 1. The normalized spacial score (nSPS) is 20.2. The Bertz CT molecular complexity index is 919. The van der Waals surface area contributed by atoms with Crippen LogP contribution in [0.5, 0.6) is 0 Å². The summed E-state index contributed by atoms with van der Waals surface area (Å²) in [6, 6.07) is 5.50. The zero-order valence-electron chi connectivity index (χ0n) is 17.5. The minimum atomic E-state index is -3.30. The lowest BCUT2D eigenvalue weighted by Crippen LogP contribution is -2.54. The Morgan fingerprint density at radius 1 is 0.967 bits per heavy atom. The summed E-state index contributed by atoms with van der Waals surface area (Å²) in [4.78, 5) is 29.0. The van der Waals surface area contributed by atoms with Crippen LogP contribution in [0, 0.1) is 0 Å². The van der Waals surface area contributed by atoms with E-state index in [9.17, 15) is 18.0 Å². The summed E-state index contributed by atoms with van der Waals surface area (Å²) in [7, 11) is -3.30. The number of sulfonamides is 1. The molecule has 8 nitrogen and oxygen atoms in total. The first-order valence-electron chi connectivity index (χ1n) is 10.8. The first kappa shape index (κ1) is 21.0. The van der Waals surface area contributed by atoms with E-state index in [1.807, 2.05) is 6.07 Å². The smallest absolute Gasteiger partial charge is 0.317 e. The van der Waals surface area contributed by atoms with Gasteiger partial charge in [0.15, 0.2) is 0 Å². The molecule has 0 radical (unpaired) electrons. The highest BCUT2D eigenvalue weighted by Crippen LogP contribution is 2.31. The first-order valence-corrected chi connectivity index (χ1v) is 12.6. The van der Waals surface area contributed by atoms with Gasteiger partial charge in [0.05, 0.1) is 11.9 Å². The molecule has 1 N–H and O–H groups in total. The van der Waals surface area contributed by atoms with Gasteiger partial charge in [-0.1, -0.05) is 19.3 Å². The fourth-order valence-corrected chi connectivity index (χ4v) is 5.62. The summed E-state index contributed by atoms with van der Waals surface area (Å²) < 4.78 is 25.2. The van der Waals surface area contributed by atoms with E-state index in [0.717, 1.165) is 18.4 Å². The van der Waals surface area contributed by atoms with Crippen LogP contribution in [0.25, 0.3) is 0 Å². The Morgan fingerprint density at radius 2 is 1.63 bits per heavy atom. The van der Waals surface area contributed by atoms with Crippen LogP contribution in [0.3, 0.4) is 0 Å². The topological polar surface area (TPSA) is 90.0 Å². The van der Waals surface area contributed by atoms with Crippen molar-refractivity contribution in [2.45, 2.75) is 44.6 Å². The van der Waals surface area contributed by atoms with Crippen LogP contribution >= 0.6 is 0 Å². The third kappa shape index (κ3) is 4.40. The van der Waals surface area contributed by atoms with E-state index in [2.05, 4.69) is 5.32 Å². The molecule has 2 heterocycles. The van der Waals surface area contributed by atoms with E-state index in [-0.39, 0.29) is 18.0 Å². The van der Waals surface area contributed by atoms with Gasteiger partial charge >= 0.3 is 6.03 Å². The largest absolute Gasteiger partial charge is 0.335 e. The number of hydrogen-bond donors (Lipinski definition) is 1. The second-order valence-electron chi connectivity index (χ2n) is 8.49. The molecule has 3 aliphatic rings. The maximum atomic E-state index is 12.9. The van der Waals surface area contributed by atoms with Gasteiger partial charge in [-0.15, -0.1) is 0 Å². The highest BCUT2D eigenvalue weighted by Gasteiger charge is 2.29. The summed E-state index contributed by atoms with van der Waals surface area (Å²) in [6.07, 6.45) is 7.52. The lowest BCUT2D eigenvalue weighted by Gasteiger charge is -2.36. The van der Waals surface area contributed by atoms with Gasteiger partial charge < -0.3 is 15.1 Å². The number of benzene rings is 1. The molecular weight excluding hydrogens is 404 g/mol. The molecule has 2 fully saturated rings. The molecular formula is C21H30N4O4S. The van der Waals surface area contributed by atoms with Crippen LogP contribution < -0.4 is 9.62 Å². The molecule has 9 heteroatoms. The third-order valence-electron chi connectivity index (χ3n) is 6.37. The standard InChI is InChI=1S/C21H30N4O4S/c1-30(28,29)25-10-9-16-15-17(7-8-19(16)25)20(26)23-11-13-24(14-12-23)21(27)22-18-5-3-2-4-6-18/h7-8,15,18H,2-6,9-14H2,1H3,(H,22,27). The number of carbonyl (C=O) groups excluding carboxylic acids is 2. The molecule has 0 atom stereocenters. The number of urea groups is 1. The van der Waals surface area contributed by atoms with E-state index >= 15 is 0 Å².